The van der Waals surface area contributed by atoms with Crippen molar-refractivity contribution in [1.82, 2.24) is 5.06 Å². The fourth-order valence-corrected chi connectivity index (χ4v) is 9.10. The molecule has 1 fully saturated rings. The van der Waals surface area contributed by atoms with Crippen LogP contribution in [0.3, 0.4) is 0 Å². The van der Waals surface area contributed by atoms with Gasteiger partial charge < -0.3 is 4.84 Å². The predicted octanol–water partition coefficient (Wildman–Crippen LogP) is 18.3. The number of hydrogen-bond donors (Lipinski definition) is 0. The molecule has 5 heteroatoms. The molecular weight excluding hydrogens is 727 g/mol. The Morgan fingerprint density at radius 2 is 0.492 bits per heavy atom. The van der Waals surface area contributed by atoms with E-state index >= 15 is 0 Å². The molecule has 59 heavy (non-hydrogen) atoms. The number of imide groups is 1. The molecule has 1 rings (SSSR count). The van der Waals surface area contributed by atoms with E-state index in [2.05, 4.69) is 6.92 Å². The van der Waals surface area contributed by atoms with E-state index in [1.165, 1.54) is 283 Å². The summed E-state index contributed by atoms with van der Waals surface area (Å²) < 4.78 is 0. The molecule has 0 bridgehead atoms. The highest BCUT2D eigenvalue weighted by Crippen LogP contribution is 2.19. The maximum absolute atomic E-state index is 11.8. The predicted molar refractivity (Wildman–Crippen MR) is 254 cm³/mol. The van der Waals surface area contributed by atoms with E-state index in [1.54, 1.807) is 0 Å². The Balaban J connectivity index is 1.62. The van der Waals surface area contributed by atoms with Crippen LogP contribution in [0.15, 0.2) is 0 Å². The molecular formula is C54H103NO4. The zero-order valence-corrected chi connectivity index (χ0v) is 39.9. The van der Waals surface area contributed by atoms with Crippen molar-refractivity contribution in [2.45, 2.75) is 328 Å². The highest BCUT2D eigenvalue weighted by Gasteiger charge is 2.32. The molecule has 0 unspecified atom stereocenters. The molecule has 0 saturated carbocycles. The molecule has 1 aliphatic heterocycles. The first kappa shape index (κ1) is 55.6. The highest BCUT2D eigenvalue weighted by atomic mass is 16.7. The molecule has 0 aromatic heterocycles. The van der Waals surface area contributed by atoms with Crippen molar-refractivity contribution in [2.24, 2.45) is 0 Å². The first-order valence-electron chi connectivity index (χ1n) is 27.2. The standard InChI is InChI=1S/C54H103NO4/c1-2-3-4-5-6-7-8-9-10-11-12-13-14-15-16-17-18-19-20-21-22-23-24-25-26-27-28-29-30-31-32-33-34-35-36-37-38-39-40-41-42-43-44-45-46-47-48-49-54(58)59-55-52(56)50-51-53(55)57/h2-51H2,1H3. The van der Waals surface area contributed by atoms with Crippen LogP contribution in [0.25, 0.3) is 0 Å². The molecule has 2 amide bonds. The Morgan fingerprint density at radius 1 is 0.322 bits per heavy atom. The Hall–Kier alpha value is -1.39. The van der Waals surface area contributed by atoms with Gasteiger partial charge in [-0.15, -0.1) is 5.06 Å². The lowest BCUT2D eigenvalue weighted by Gasteiger charge is -2.12. The molecule has 0 aromatic rings. The van der Waals surface area contributed by atoms with Gasteiger partial charge in [0.1, 0.15) is 0 Å². The third-order valence-electron chi connectivity index (χ3n) is 13.2. The third kappa shape index (κ3) is 40.4. The quantitative estimate of drug-likeness (QED) is 0.0453. The molecule has 0 spiro atoms. The van der Waals surface area contributed by atoms with Crippen molar-refractivity contribution in [3.63, 3.8) is 0 Å². The fourth-order valence-electron chi connectivity index (χ4n) is 9.10. The smallest absolute Gasteiger partial charge is 0.330 e. The zero-order chi connectivity index (χ0) is 42.4. The summed E-state index contributed by atoms with van der Waals surface area (Å²) in [5.41, 5.74) is 0. The zero-order valence-electron chi connectivity index (χ0n) is 39.9. The molecule has 0 atom stereocenters. The normalized spacial score (nSPS) is 13.0. The van der Waals surface area contributed by atoms with Gasteiger partial charge in [0.25, 0.3) is 11.8 Å². The number of rotatable bonds is 49. The number of nitrogens with zero attached hydrogens (tertiary/aromatic N) is 1. The van der Waals surface area contributed by atoms with Gasteiger partial charge in [-0.25, -0.2) is 4.79 Å². The fraction of sp³-hybridized carbons (Fsp3) is 0.944. The van der Waals surface area contributed by atoms with Gasteiger partial charge in [-0.2, -0.15) is 0 Å². The summed E-state index contributed by atoms with van der Waals surface area (Å²) in [5.74, 6) is -1.28. The van der Waals surface area contributed by atoms with Gasteiger partial charge in [0.05, 0.1) is 0 Å². The largest absolute Gasteiger partial charge is 0.333 e. The number of hydroxylamine groups is 2. The van der Waals surface area contributed by atoms with Crippen LogP contribution in [0.4, 0.5) is 0 Å². The molecule has 1 heterocycles. The van der Waals surface area contributed by atoms with E-state index < -0.39 is 17.8 Å². The molecule has 0 aliphatic carbocycles. The van der Waals surface area contributed by atoms with Gasteiger partial charge in [0.15, 0.2) is 0 Å². The Kier molecular flexibility index (Phi) is 43.5. The molecule has 5 nitrogen and oxygen atoms in total. The Morgan fingerprint density at radius 3 is 0.678 bits per heavy atom. The second-order valence-corrected chi connectivity index (χ2v) is 19.1. The molecule has 0 radical (unpaired) electrons. The van der Waals surface area contributed by atoms with Gasteiger partial charge in [-0.1, -0.05) is 302 Å². The van der Waals surface area contributed by atoms with E-state index in [4.69, 9.17) is 4.84 Å². The van der Waals surface area contributed by atoms with Gasteiger partial charge in [0, 0.05) is 19.3 Å². The Labute approximate surface area is 368 Å². The van der Waals surface area contributed by atoms with Crippen LogP contribution in [-0.4, -0.2) is 22.8 Å². The van der Waals surface area contributed by atoms with Crippen LogP contribution >= 0.6 is 0 Å². The minimum Gasteiger partial charge on any atom is -0.330 e. The minimum absolute atomic E-state index is 0.145. The van der Waals surface area contributed by atoms with Crippen LogP contribution in [0, 0.1) is 0 Å². The van der Waals surface area contributed by atoms with Crippen LogP contribution in [0.1, 0.15) is 328 Å². The topological polar surface area (TPSA) is 63.7 Å². The molecule has 1 saturated heterocycles. The highest BCUT2D eigenvalue weighted by molar-refractivity contribution is 6.01. The van der Waals surface area contributed by atoms with Crippen LogP contribution in [0.5, 0.6) is 0 Å². The first-order valence-corrected chi connectivity index (χ1v) is 27.2. The third-order valence-corrected chi connectivity index (χ3v) is 13.2. The van der Waals surface area contributed by atoms with Crippen LogP contribution in [0.2, 0.25) is 0 Å². The van der Waals surface area contributed by atoms with E-state index in [0.717, 1.165) is 19.3 Å². The average Bonchev–Trinajstić information content (AvgIpc) is 3.55. The molecule has 348 valence electrons. The van der Waals surface area contributed by atoms with E-state index in [1.807, 2.05) is 0 Å². The lowest BCUT2D eigenvalue weighted by molar-refractivity contribution is -0.197. The van der Waals surface area contributed by atoms with Crippen molar-refractivity contribution in [2.75, 3.05) is 0 Å². The summed E-state index contributed by atoms with van der Waals surface area (Å²) in [6, 6.07) is 0. The summed E-state index contributed by atoms with van der Waals surface area (Å²) >= 11 is 0. The second kappa shape index (κ2) is 46.1. The number of carbonyl (C=O) groups excluding carboxylic acids is 3. The molecule has 0 N–H and O–H groups in total. The van der Waals surface area contributed by atoms with Crippen molar-refractivity contribution in [3.05, 3.63) is 0 Å². The monoisotopic (exact) mass is 830 g/mol. The van der Waals surface area contributed by atoms with Crippen molar-refractivity contribution < 1.29 is 19.2 Å². The van der Waals surface area contributed by atoms with E-state index in [0.29, 0.717) is 5.06 Å². The number of carbonyl (C=O) groups is 3. The number of hydrogen-bond acceptors (Lipinski definition) is 4. The summed E-state index contributed by atoms with van der Waals surface area (Å²) in [7, 11) is 0. The second-order valence-electron chi connectivity index (χ2n) is 19.1. The summed E-state index contributed by atoms with van der Waals surface area (Å²) in [6.07, 6.45) is 67.1. The van der Waals surface area contributed by atoms with Gasteiger partial charge in [-0.05, 0) is 6.42 Å². The van der Waals surface area contributed by atoms with E-state index in [-0.39, 0.29) is 19.3 Å². The number of amides is 2. The maximum Gasteiger partial charge on any atom is 0.333 e. The maximum atomic E-state index is 11.8. The minimum atomic E-state index is -0.471. The van der Waals surface area contributed by atoms with Crippen molar-refractivity contribution in [3.8, 4) is 0 Å². The van der Waals surface area contributed by atoms with Crippen molar-refractivity contribution in [1.29, 1.82) is 0 Å². The summed E-state index contributed by atoms with van der Waals surface area (Å²) in [5, 5.41) is 0.648. The van der Waals surface area contributed by atoms with Gasteiger partial charge in [-0.3, -0.25) is 9.59 Å². The number of unbranched alkanes of at least 4 members (excludes halogenated alkanes) is 46. The van der Waals surface area contributed by atoms with Crippen LogP contribution in [-0.2, 0) is 19.2 Å². The molecule has 1 aliphatic rings. The van der Waals surface area contributed by atoms with Gasteiger partial charge >= 0.3 is 5.97 Å². The van der Waals surface area contributed by atoms with Crippen molar-refractivity contribution >= 4 is 17.8 Å². The summed E-state index contributed by atoms with van der Waals surface area (Å²) in [4.78, 5) is 39.8. The van der Waals surface area contributed by atoms with Crippen LogP contribution < -0.4 is 0 Å². The Bertz CT molecular complexity index is 889. The lowest BCUT2D eigenvalue weighted by atomic mass is 10.0. The SMILES string of the molecule is CCCCCCCCCCCCCCCCCCCCCCCCCCCCCCCCCCCCCCCCCCCCCCCCCC(=O)ON1C(=O)CCC1=O. The first-order chi connectivity index (χ1) is 29.1. The lowest BCUT2D eigenvalue weighted by Crippen LogP contribution is -2.31. The average molecular weight is 830 g/mol. The molecule has 0 aromatic carbocycles. The summed E-state index contributed by atoms with van der Waals surface area (Å²) in [6.45, 7) is 2.31. The van der Waals surface area contributed by atoms with Gasteiger partial charge in [0.2, 0.25) is 0 Å². The van der Waals surface area contributed by atoms with E-state index in [9.17, 15) is 14.4 Å².